The molecule has 2 aliphatic rings. The fourth-order valence-electron chi connectivity index (χ4n) is 4.46. The van der Waals surface area contributed by atoms with Crippen LogP contribution in [0.3, 0.4) is 0 Å². The Bertz CT molecular complexity index is 1250. The van der Waals surface area contributed by atoms with Gasteiger partial charge in [-0.2, -0.15) is 4.31 Å². The molecule has 2 aromatic carbocycles. The number of ether oxygens (including phenoxy) is 1. The molecule has 2 aromatic rings. The minimum absolute atomic E-state index is 0.0109. The molecule has 2 fully saturated rings. The summed E-state index contributed by atoms with van der Waals surface area (Å²) in [6.45, 7) is -0.454. The number of benzene rings is 2. The SMILES string of the molecule is NC1CCC(NC(=O)C2N(C(=O)COc3ccc(Cl)cc3)CCN2S(=O)(=O)c2ccc(Cl)c(Cl)c2)CC1. The largest absolute Gasteiger partial charge is 0.484 e. The van der Waals surface area contributed by atoms with Gasteiger partial charge in [0, 0.05) is 30.2 Å². The monoisotopic (exact) mass is 588 g/mol. The number of hydrogen-bond donors (Lipinski definition) is 2. The van der Waals surface area contributed by atoms with E-state index in [2.05, 4.69) is 5.32 Å². The topological polar surface area (TPSA) is 122 Å². The number of halogens is 3. The average molecular weight is 590 g/mol. The van der Waals surface area contributed by atoms with E-state index >= 15 is 0 Å². The highest BCUT2D eigenvalue weighted by atomic mass is 35.5. The zero-order chi connectivity index (χ0) is 26.7. The van der Waals surface area contributed by atoms with Crippen LogP contribution in [0.2, 0.25) is 15.1 Å². The van der Waals surface area contributed by atoms with Gasteiger partial charge in [-0.15, -0.1) is 0 Å². The van der Waals surface area contributed by atoms with E-state index in [1.165, 1.54) is 23.1 Å². The van der Waals surface area contributed by atoms with Gasteiger partial charge in [-0.1, -0.05) is 34.8 Å². The Balaban J connectivity index is 1.57. The van der Waals surface area contributed by atoms with Gasteiger partial charge < -0.3 is 20.7 Å². The van der Waals surface area contributed by atoms with Crippen molar-refractivity contribution < 1.29 is 22.7 Å². The number of nitrogens with zero attached hydrogens (tertiary/aromatic N) is 2. The quantitative estimate of drug-likeness (QED) is 0.511. The highest BCUT2D eigenvalue weighted by molar-refractivity contribution is 7.89. The molecule has 200 valence electrons. The van der Waals surface area contributed by atoms with Gasteiger partial charge in [0.15, 0.2) is 12.8 Å². The summed E-state index contributed by atoms with van der Waals surface area (Å²) in [6, 6.07) is 10.3. The molecule has 0 bridgehead atoms. The second kappa shape index (κ2) is 11.8. The molecule has 3 N–H and O–H groups in total. The van der Waals surface area contributed by atoms with Crippen molar-refractivity contribution in [2.75, 3.05) is 19.7 Å². The summed E-state index contributed by atoms with van der Waals surface area (Å²) < 4.78 is 33.7. The zero-order valence-electron chi connectivity index (χ0n) is 19.8. The van der Waals surface area contributed by atoms with Gasteiger partial charge >= 0.3 is 0 Å². The van der Waals surface area contributed by atoms with E-state index in [1.54, 1.807) is 24.3 Å². The molecular formula is C24H27Cl3N4O5S. The Morgan fingerprint density at radius 2 is 1.65 bits per heavy atom. The fourth-order valence-corrected chi connectivity index (χ4v) is 6.52. The molecule has 0 spiro atoms. The first-order chi connectivity index (χ1) is 17.6. The Kier molecular flexibility index (Phi) is 8.88. The maximum Gasteiger partial charge on any atom is 0.262 e. The number of sulfonamides is 1. The number of rotatable bonds is 7. The van der Waals surface area contributed by atoms with Crippen LogP contribution >= 0.6 is 34.8 Å². The van der Waals surface area contributed by atoms with Crippen LogP contribution in [0.5, 0.6) is 5.75 Å². The van der Waals surface area contributed by atoms with Crippen molar-refractivity contribution in [3.8, 4) is 5.75 Å². The van der Waals surface area contributed by atoms with Crippen LogP contribution < -0.4 is 15.8 Å². The molecule has 9 nitrogen and oxygen atoms in total. The van der Waals surface area contributed by atoms with Gasteiger partial charge in [0.1, 0.15) is 5.75 Å². The van der Waals surface area contributed by atoms with Crippen molar-refractivity contribution in [2.24, 2.45) is 5.73 Å². The fraction of sp³-hybridized carbons (Fsp3) is 0.417. The third-order valence-corrected chi connectivity index (χ3v) is 9.32. The summed E-state index contributed by atoms with van der Waals surface area (Å²) in [5, 5.41) is 3.70. The van der Waals surface area contributed by atoms with Crippen molar-refractivity contribution in [1.82, 2.24) is 14.5 Å². The number of nitrogens with one attached hydrogen (secondary N) is 1. The standard InChI is InChI=1S/C24H27Cl3N4O5S/c25-15-1-7-18(8-2-15)36-14-22(32)30-11-12-31(37(34,35)19-9-10-20(26)21(27)13-19)24(30)23(33)29-17-5-3-16(28)4-6-17/h1-2,7-10,13,16-17,24H,3-6,11-12,14,28H2,(H,29,33). The maximum atomic E-state index is 13.6. The van der Waals surface area contributed by atoms with Gasteiger partial charge in [-0.3, -0.25) is 9.59 Å². The Morgan fingerprint density at radius 1 is 0.973 bits per heavy atom. The van der Waals surface area contributed by atoms with Gasteiger partial charge in [0.2, 0.25) is 10.0 Å². The number of hydrogen-bond acceptors (Lipinski definition) is 6. The normalized spacial score (nSPS) is 22.6. The first kappa shape index (κ1) is 27.9. The summed E-state index contributed by atoms with van der Waals surface area (Å²) in [5.41, 5.74) is 5.97. The molecule has 1 aliphatic heterocycles. The van der Waals surface area contributed by atoms with Gasteiger partial charge in [-0.25, -0.2) is 8.42 Å². The lowest BCUT2D eigenvalue weighted by atomic mass is 9.92. The molecule has 37 heavy (non-hydrogen) atoms. The highest BCUT2D eigenvalue weighted by Crippen LogP contribution is 2.30. The molecule has 0 aromatic heterocycles. The predicted octanol–water partition coefficient (Wildman–Crippen LogP) is 3.27. The molecule has 1 saturated carbocycles. The van der Waals surface area contributed by atoms with Crippen molar-refractivity contribution in [2.45, 2.75) is 48.8 Å². The maximum absolute atomic E-state index is 13.6. The van der Waals surface area contributed by atoms with Crippen LogP contribution in [-0.4, -0.2) is 67.4 Å². The van der Waals surface area contributed by atoms with E-state index in [9.17, 15) is 18.0 Å². The number of carbonyl (C=O) groups is 2. The first-order valence-electron chi connectivity index (χ1n) is 11.8. The Hall–Kier alpha value is -2.08. The molecule has 1 heterocycles. The van der Waals surface area contributed by atoms with Crippen molar-refractivity contribution in [1.29, 1.82) is 0 Å². The van der Waals surface area contributed by atoms with Crippen LogP contribution in [-0.2, 0) is 19.6 Å². The summed E-state index contributed by atoms with van der Waals surface area (Å²) in [7, 11) is -4.20. The molecule has 2 amide bonds. The third-order valence-electron chi connectivity index (χ3n) is 6.48. The van der Waals surface area contributed by atoms with E-state index < -0.39 is 28.0 Å². The van der Waals surface area contributed by atoms with Crippen LogP contribution in [0, 0.1) is 0 Å². The van der Waals surface area contributed by atoms with Crippen LogP contribution in [0.15, 0.2) is 47.4 Å². The lowest BCUT2D eigenvalue weighted by molar-refractivity contribution is -0.142. The first-order valence-corrected chi connectivity index (χ1v) is 14.3. The number of amides is 2. The lowest BCUT2D eigenvalue weighted by Crippen LogP contribution is -2.56. The van der Waals surface area contributed by atoms with E-state index in [4.69, 9.17) is 45.3 Å². The molecule has 1 saturated heterocycles. The molecule has 1 atom stereocenters. The van der Waals surface area contributed by atoms with Gasteiger partial charge in [-0.05, 0) is 68.1 Å². The predicted molar refractivity (Wildman–Crippen MR) is 141 cm³/mol. The smallest absolute Gasteiger partial charge is 0.262 e. The van der Waals surface area contributed by atoms with E-state index in [-0.39, 0.29) is 46.7 Å². The Labute approximate surface area is 230 Å². The van der Waals surface area contributed by atoms with Crippen LogP contribution in [0.25, 0.3) is 0 Å². The summed E-state index contributed by atoms with van der Waals surface area (Å²) in [6.07, 6.45) is 1.45. The van der Waals surface area contributed by atoms with Gasteiger partial charge in [0.05, 0.1) is 14.9 Å². The Morgan fingerprint density at radius 3 is 2.30 bits per heavy atom. The van der Waals surface area contributed by atoms with Crippen molar-refractivity contribution >= 4 is 56.6 Å². The van der Waals surface area contributed by atoms with Crippen molar-refractivity contribution in [3.05, 3.63) is 57.5 Å². The van der Waals surface area contributed by atoms with Gasteiger partial charge in [0.25, 0.3) is 11.8 Å². The summed E-state index contributed by atoms with van der Waals surface area (Å²) in [5.74, 6) is -0.703. The summed E-state index contributed by atoms with van der Waals surface area (Å²) >= 11 is 17.9. The highest BCUT2D eigenvalue weighted by Gasteiger charge is 2.47. The van der Waals surface area contributed by atoms with Crippen LogP contribution in [0.4, 0.5) is 0 Å². The summed E-state index contributed by atoms with van der Waals surface area (Å²) in [4.78, 5) is 27.7. The third kappa shape index (κ3) is 6.50. The second-order valence-corrected chi connectivity index (χ2v) is 12.2. The van der Waals surface area contributed by atoms with Crippen LogP contribution in [0.1, 0.15) is 25.7 Å². The molecule has 4 rings (SSSR count). The number of nitrogens with two attached hydrogens (primary N) is 1. The van der Waals surface area contributed by atoms with E-state index in [0.717, 1.165) is 17.1 Å². The number of carbonyl (C=O) groups excluding carboxylic acids is 2. The van der Waals surface area contributed by atoms with Crippen molar-refractivity contribution in [3.63, 3.8) is 0 Å². The zero-order valence-corrected chi connectivity index (χ0v) is 22.9. The lowest BCUT2D eigenvalue weighted by Gasteiger charge is -2.32. The molecule has 1 unspecified atom stereocenters. The molecule has 0 radical (unpaired) electrons. The molecule has 13 heteroatoms. The minimum Gasteiger partial charge on any atom is -0.484 e. The molecule has 1 aliphatic carbocycles. The van der Waals surface area contributed by atoms with E-state index in [0.29, 0.717) is 23.6 Å². The average Bonchev–Trinajstić information content (AvgIpc) is 3.33. The van der Waals surface area contributed by atoms with E-state index in [1.807, 2.05) is 0 Å². The minimum atomic E-state index is -4.20. The molecular weight excluding hydrogens is 563 g/mol. The second-order valence-electron chi connectivity index (χ2n) is 9.02.